The van der Waals surface area contributed by atoms with Crippen LogP contribution in [0.4, 0.5) is 0 Å². The lowest BCUT2D eigenvalue weighted by Gasteiger charge is -2.25. The number of halogens is 1. The molecule has 0 aliphatic carbocycles. The quantitative estimate of drug-likeness (QED) is 0.339. The van der Waals surface area contributed by atoms with E-state index in [2.05, 4.69) is 51.7 Å². The maximum Gasteiger partial charge on any atom is 0.191 e. The van der Waals surface area contributed by atoms with Gasteiger partial charge in [-0.1, -0.05) is 26.0 Å². The first-order chi connectivity index (χ1) is 13.5. The standard InChI is InChI=1S/C21H32N6O.HI/c1-15(2)14-28-19-8-5-17(6-9-19)11-12-23-21(22-4)25-18-7-10-20-24-16(3)26-27(20)13-18;/h5-6,8-9,15,18H,7,10-14H2,1-4H3,(H2,22,23,25);1H. The normalized spacial score (nSPS) is 16.2. The summed E-state index contributed by atoms with van der Waals surface area (Å²) in [5, 5.41) is 11.4. The lowest BCUT2D eigenvalue weighted by atomic mass is 10.1. The molecule has 2 aromatic rings. The van der Waals surface area contributed by atoms with E-state index in [0.717, 1.165) is 62.3 Å². The average molecular weight is 512 g/mol. The van der Waals surface area contributed by atoms with Crippen LogP contribution in [0.5, 0.6) is 5.75 Å². The summed E-state index contributed by atoms with van der Waals surface area (Å²) in [6.07, 6.45) is 2.92. The molecule has 1 unspecified atom stereocenters. The van der Waals surface area contributed by atoms with Crippen LogP contribution in [0.1, 0.15) is 37.5 Å². The van der Waals surface area contributed by atoms with Crippen molar-refractivity contribution in [3.05, 3.63) is 41.5 Å². The Morgan fingerprint density at radius 2 is 2.07 bits per heavy atom. The molecule has 1 aliphatic rings. The molecular formula is C21H33IN6O. The van der Waals surface area contributed by atoms with Crippen molar-refractivity contribution in [1.82, 2.24) is 25.4 Å². The van der Waals surface area contributed by atoms with E-state index in [1.807, 2.05) is 30.8 Å². The molecule has 0 bridgehead atoms. The Hall–Kier alpha value is -1.84. The smallest absolute Gasteiger partial charge is 0.191 e. The summed E-state index contributed by atoms with van der Waals surface area (Å²) in [5.41, 5.74) is 1.28. The molecule has 3 rings (SSSR count). The molecule has 0 amide bonds. The molecule has 2 N–H and O–H groups in total. The molecule has 0 fully saturated rings. The SMILES string of the molecule is CN=C(NCCc1ccc(OCC(C)C)cc1)NC1CCc2nc(C)nn2C1.I. The number of aliphatic imine (C=N–C) groups is 1. The second kappa shape index (κ2) is 11.4. The van der Waals surface area contributed by atoms with Crippen molar-refractivity contribution >= 4 is 29.9 Å². The summed E-state index contributed by atoms with van der Waals surface area (Å²) in [6, 6.07) is 8.67. The van der Waals surface area contributed by atoms with E-state index in [9.17, 15) is 0 Å². The van der Waals surface area contributed by atoms with Gasteiger partial charge in [0.2, 0.25) is 0 Å². The predicted octanol–water partition coefficient (Wildman–Crippen LogP) is 2.96. The van der Waals surface area contributed by atoms with Gasteiger partial charge in [-0.05, 0) is 43.4 Å². The number of aromatic nitrogens is 3. The molecule has 8 heteroatoms. The van der Waals surface area contributed by atoms with Crippen LogP contribution < -0.4 is 15.4 Å². The second-order valence-corrected chi connectivity index (χ2v) is 7.74. The molecule has 1 atom stereocenters. The van der Waals surface area contributed by atoms with E-state index in [1.165, 1.54) is 5.56 Å². The number of aryl methyl sites for hydroxylation is 2. The number of nitrogens with one attached hydrogen (secondary N) is 2. The fraction of sp³-hybridized carbons (Fsp3) is 0.571. The first-order valence-corrected chi connectivity index (χ1v) is 10.1. The molecule has 1 aromatic heterocycles. The van der Waals surface area contributed by atoms with Crippen molar-refractivity contribution in [3.8, 4) is 5.75 Å². The van der Waals surface area contributed by atoms with Gasteiger partial charge in [-0.15, -0.1) is 24.0 Å². The van der Waals surface area contributed by atoms with Crippen LogP contribution in [-0.2, 0) is 19.4 Å². The number of fused-ring (bicyclic) bond motifs is 1. The molecule has 2 heterocycles. The van der Waals surface area contributed by atoms with Crippen molar-refractivity contribution < 1.29 is 4.74 Å². The van der Waals surface area contributed by atoms with Crippen LogP contribution >= 0.6 is 24.0 Å². The molecule has 7 nitrogen and oxygen atoms in total. The zero-order chi connectivity index (χ0) is 19.9. The Bertz CT molecular complexity index is 787. The van der Waals surface area contributed by atoms with Gasteiger partial charge < -0.3 is 15.4 Å². The fourth-order valence-corrected chi connectivity index (χ4v) is 3.28. The van der Waals surface area contributed by atoms with Gasteiger partial charge in [0.25, 0.3) is 0 Å². The minimum Gasteiger partial charge on any atom is -0.493 e. The Morgan fingerprint density at radius 3 is 2.76 bits per heavy atom. The average Bonchev–Trinajstić information content (AvgIpc) is 3.05. The van der Waals surface area contributed by atoms with Crippen LogP contribution in [0.2, 0.25) is 0 Å². The number of nitrogens with zero attached hydrogens (tertiary/aromatic N) is 4. The van der Waals surface area contributed by atoms with Gasteiger partial charge in [-0.25, -0.2) is 9.67 Å². The molecule has 0 radical (unpaired) electrons. The number of rotatable bonds is 7. The third kappa shape index (κ3) is 7.17. The lowest BCUT2D eigenvalue weighted by molar-refractivity contribution is 0.271. The highest BCUT2D eigenvalue weighted by atomic mass is 127. The van der Waals surface area contributed by atoms with E-state index < -0.39 is 0 Å². The summed E-state index contributed by atoms with van der Waals surface area (Å²) in [4.78, 5) is 8.82. The molecule has 1 aromatic carbocycles. The van der Waals surface area contributed by atoms with Crippen LogP contribution in [0.3, 0.4) is 0 Å². The predicted molar refractivity (Wildman–Crippen MR) is 127 cm³/mol. The van der Waals surface area contributed by atoms with E-state index in [4.69, 9.17) is 4.74 Å². The van der Waals surface area contributed by atoms with E-state index in [1.54, 1.807) is 0 Å². The molecule has 0 saturated carbocycles. The van der Waals surface area contributed by atoms with Gasteiger partial charge in [-0.3, -0.25) is 4.99 Å². The second-order valence-electron chi connectivity index (χ2n) is 7.74. The minimum absolute atomic E-state index is 0. The number of ether oxygens (including phenoxy) is 1. The highest BCUT2D eigenvalue weighted by molar-refractivity contribution is 14.0. The van der Waals surface area contributed by atoms with Crippen LogP contribution in [0.15, 0.2) is 29.3 Å². The monoisotopic (exact) mass is 512 g/mol. The van der Waals surface area contributed by atoms with Crippen molar-refractivity contribution in [1.29, 1.82) is 0 Å². The van der Waals surface area contributed by atoms with Crippen molar-refractivity contribution in [3.63, 3.8) is 0 Å². The Labute approximate surface area is 190 Å². The topological polar surface area (TPSA) is 76.4 Å². The van der Waals surface area contributed by atoms with E-state index in [0.29, 0.717) is 12.0 Å². The Morgan fingerprint density at radius 1 is 1.31 bits per heavy atom. The number of hydrogen-bond donors (Lipinski definition) is 2. The Kier molecular flexibility index (Phi) is 9.19. The van der Waals surface area contributed by atoms with Gasteiger partial charge >= 0.3 is 0 Å². The highest BCUT2D eigenvalue weighted by Crippen LogP contribution is 2.14. The summed E-state index contributed by atoms with van der Waals surface area (Å²) >= 11 is 0. The third-order valence-corrected chi connectivity index (χ3v) is 4.74. The maximum atomic E-state index is 5.74. The van der Waals surface area contributed by atoms with Gasteiger partial charge in [-0.2, -0.15) is 5.10 Å². The van der Waals surface area contributed by atoms with Gasteiger partial charge in [0.1, 0.15) is 17.4 Å². The molecular weight excluding hydrogens is 479 g/mol. The minimum atomic E-state index is 0. The van der Waals surface area contributed by atoms with E-state index >= 15 is 0 Å². The largest absolute Gasteiger partial charge is 0.493 e. The van der Waals surface area contributed by atoms with Crippen molar-refractivity contribution in [2.75, 3.05) is 20.2 Å². The van der Waals surface area contributed by atoms with Gasteiger partial charge in [0.15, 0.2) is 5.96 Å². The zero-order valence-corrected chi connectivity index (χ0v) is 20.1. The van der Waals surface area contributed by atoms with Crippen LogP contribution in [0, 0.1) is 12.8 Å². The molecule has 0 spiro atoms. The first kappa shape index (κ1) is 23.4. The van der Waals surface area contributed by atoms with E-state index in [-0.39, 0.29) is 24.0 Å². The lowest BCUT2D eigenvalue weighted by Crippen LogP contribution is -2.47. The first-order valence-electron chi connectivity index (χ1n) is 10.1. The molecule has 160 valence electrons. The third-order valence-electron chi connectivity index (χ3n) is 4.74. The van der Waals surface area contributed by atoms with Gasteiger partial charge in [0.05, 0.1) is 13.2 Å². The van der Waals surface area contributed by atoms with Crippen molar-refractivity contribution in [2.45, 2.75) is 52.6 Å². The Balaban J connectivity index is 0.00000300. The zero-order valence-electron chi connectivity index (χ0n) is 17.8. The van der Waals surface area contributed by atoms with Crippen molar-refractivity contribution in [2.24, 2.45) is 10.9 Å². The molecule has 29 heavy (non-hydrogen) atoms. The van der Waals surface area contributed by atoms with Gasteiger partial charge in [0, 0.05) is 26.1 Å². The maximum absolute atomic E-state index is 5.74. The number of hydrogen-bond acceptors (Lipinski definition) is 4. The van der Waals surface area contributed by atoms with Crippen LogP contribution in [-0.4, -0.2) is 47.0 Å². The number of benzene rings is 1. The van der Waals surface area contributed by atoms with Crippen LogP contribution in [0.25, 0.3) is 0 Å². The highest BCUT2D eigenvalue weighted by Gasteiger charge is 2.21. The number of guanidine groups is 1. The fourth-order valence-electron chi connectivity index (χ4n) is 3.28. The molecule has 0 saturated heterocycles. The summed E-state index contributed by atoms with van der Waals surface area (Å²) in [5.74, 6) is 4.23. The summed E-state index contributed by atoms with van der Waals surface area (Å²) in [7, 11) is 1.81. The summed E-state index contributed by atoms with van der Waals surface area (Å²) < 4.78 is 7.74. The summed E-state index contributed by atoms with van der Waals surface area (Å²) in [6.45, 7) is 8.65. The molecule has 1 aliphatic heterocycles.